The van der Waals surface area contributed by atoms with E-state index >= 15 is 0 Å². The minimum Gasteiger partial charge on any atom is -0.427 e. The third-order valence-electron chi connectivity index (χ3n) is 9.26. The predicted octanol–water partition coefficient (Wildman–Crippen LogP) is 14.0. The molecule has 0 aliphatic rings. The van der Waals surface area contributed by atoms with Gasteiger partial charge in [0.05, 0.1) is 0 Å². The summed E-state index contributed by atoms with van der Waals surface area (Å²) in [5.41, 5.74) is 0. The van der Waals surface area contributed by atoms with Crippen molar-refractivity contribution in [2.24, 2.45) is 0 Å². The number of rotatable bonds is 34. The van der Waals surface area contributed by atoms with E-state index in [4.69, 9.17) is 9.47 Å². The molecule has 0 fully saturated rings. The maximum atomic E-state index is 12.2. The van der Waals surface area contributed by atoms with Gasteiger partial charge in [-0.2, -0.15) is 0 Å². The highest BCUT2D eigenvalue weighted by Crippen LogP contribution is 2.20. The molecule has 0 heterocycles. The molecule has 1 aromatic carbocycles. The number of unbranched alkanes of at least 4 members (excludes halogenated alkanes) is 28. The zero-order chi connectivity index (χ0) is 33.2. The van der Waals surface area contributed by atoms with Crippen LogP contribution in [-0.4, -0.2) is 11.9 Å². The smallest absolute Gasteiger partial charge is 0.311 e. The van der Waals surface area contributed by atoms with Gasteiger partial charge in [-0.05, 0) is 37.1 Å². The van der Waals surface area contributed by atoms with Crippen LogP contribution in [0.15, 0.2) is 24.3 Å². The molecule has 0 saturated heterocycles. The standard InChI is InChI=1S/C42H74O4/c1-3-5-7-9-11-13-15-17-19-21-23-25-27-29-31-33-41(43)45-39-35-37-40(38-36-39)46-42(44)34-32-30-28-26-24-22-20-18-16-14-12-10-8-6-4-2/h35-38H,3-34H2,1-2H3. The first-order valence-corrected chi connectivity index (χ1v) is 20.2. The van der Waals surface area contributed by atoms with Crippen molar-refractivity contribution in [2.45, 2.75) is 219 Å². The average molecular weight is 643 g/mol. The highest BCUT2D eigenvalue weighted by atomic mass is 16.5. The van der Waals surface area contributed by atoms with E-state index in [0.29, 0.717) is 24.3 Å². The summed E-state index contributed by atoms with van der Waals surface area (Å²) in [6.45, 7) is 4.55. The largest absolute Gasteiger partial charge is 0.427 e. The molecule has 0 atom stereocenters. The molecular formula is C42H74O4. The van der Waals surface area contributed by atoms with Crippen LogP contribution in [0.2, 0.25) is 0 Å². The van der Waals surface area contributed by atoms with Gasteiger partial charge in [0.2, 0.25) is 0 Å². The van der Waals surface area contributed by atoms with E-state index in [-0.39, 0.29) is 11.9 Å². The van der Waals surface area contributed by atoms with Crippen LogP contribution in [0.4, 0.5) is 0 Å². The summed E-state index contributed by atoms with van der Waals surface area (Å²) in [5, 5.41) is 0. The number of benzene rings is 1. The Bertz CT molecular complexity index is 735. The summed E-state index contributed by atoms with van der Waals surface area (Å²) >= 11 is 0. The minimum atomic E-state index is -0.187. The Labute approximate surface area is 285 Å². The molecule has 0 bridgehead atoms. The number of ether oxygens (including phenoxy) is 2. The van der Waals surface area contributed by atoms with Crippen molar-refractivity contribution in [1.82, 2.24) is 0 Å². The molecule has 0 spiro atoms. The molecule has 0 aromatic heterocycles. The molecular weight excluding hydrogens is 568 g/mol. The molecule has 266 valence electrons. The van der Waals surface area contributed by atoms with E-state index in [9.17, 15) is 9.59 Å². The first-order chi connectivity index (χ1) is 22.7. The monoisotopic (exact) mass is 643 g/mol. The third-order valence-corrected chi connectivity index (χ3v) is 9.26. The number of hydrogen-bond donors (Lipinski definition) is 0. The van der Waals surface area contributed by atoms with Gasteiger partial charge in [0.25, 0.3) is 0 Å². The number of hydrogen-bond acceptors (Lipinski definition) is 4. The van der Waals surface area contributed by atoms with Crippen molar-refractivity contribution in [2.75, 3.05) is 0 Å². The Morgan fingerprint density at radius 3 is 0.761 bits per heavy atom. The number of carbonyl (C=O) groups excluding carboxylic acids is 2. The Kier molecular flexibility index (Phi) is 30.3. The van der Waals surface area contributed by atoms with Crippen LogP contribution in [0.25, 0.3) is 0 Å². The molecule has 4 heteroatoms. The Morgan fingerprint density at radius 1 is 0.348 bits per heavy atom. The van der Waals surface area contributed by atoms with Crippen LogP contribution in [0.1, 0.15) is 219 Å². The first-order valence-electron chi connectivity index (χ1n) is 20.2. The summed E-state index contributed by atoms with van der Waals surface area (Å²) in [7, 11) is 0. The van der Waals surface area contributed by atoms with E-state index in [1.807, 2.05) is 0 Å². The molecule has 46 heavy (non-hydrogen) atoms. The zero-order valence-corrected chi connectivity index (χ0v) is 30.6. The van der Waals surface area contributed by atoms with E-state index in [1.165, 1.54) is 167 Å². The molecule has 1 rings (SSSR count). The fourth-order valence-electron chi connectivity index (χ4n) is 6.22. The summed E-state index contributed by atoms with van der Waals surface area (Å²) in [6.07, 6.45) is 40.2. The van der Waals surface area contributed by atoms with Gasteiger partial charge in [-0.15, -0.1) is 0 Å². The minimum absolute atomic E-state index is 0.187. The van der Waals surface area contributed by atoms with Crippen molar-refractivity contribution in [1.29, 1.82) is 0 Å². The second-order valence-corrected chi connectivity index (χ2v) is 13.8. The van der Waals surface area contributed by atoms with Gasteiger partial charge >= 0.3 is 11.9 Å². The highest BCUT2D eigenvalue weighted by Gasteiger charge is 2.08. The predicted molar refractivity (Wildman–Crippen MR) is 197 cm³/mol. The van der Waals surface area contributed by atoms with Gasteiger partial charge in [-0.25, -0.2) is 0 Å². The fraction of sp³-hybridized carbons (Fsp3) is 0.810. The van der Waals surface area contributed by atoms with Crippen LogP contribution >= 0.6 is 0 Å². The highest BCUT2D eigenvalue weighted by molar-refractivity contribution is 5.73. The number of carbonyl (C=O) groups is 2. The van der Waals surface area contributed by atoms with Crippen LogP contribution in [-0.2, 0) is 9.59 Å². The molecule has 1 aromatic rings. The van der Waals surface area contributed by atoms with Crippen molar-refractivity contribution in [3.8, 4) is 11.5 Å². The summed E-state index contributed by atoms with van der Waals surface area (Å²) < 4.78 is 10.9. The van der Waals surface area contributed by atoms with Crippen LogP contribution in [0.3, 0.4) is 0 Å². The molecule has 0 aliphatic heterocycles. The first kappa shape index (κ1) is 42.2. The van der Waals surface area contributed by atoms with Crippen molar-refractivity contribution in [3.05, 3.63) is 24.3 Å². The molecule has 0 radical (unpaired) electrons. The second-order valence-electron chi connectivity index (χ2n) is 13.8. The third kappa shape index (κ3) is 28.4. The van der Waals surface area contributed by atoms with Gasteiger partial charge in [-0.3, -0.25) is 9.59 Å². The van der Waals surface area contributed by atoms with Crippen molar-refractivity contribution < 1.29 is 19.1 Å². The van der Waals surface area contributed by atoms with Gasteiger partial charge in [-0.1, -0.05) is 194 Å². The van der Waals surface area contributed by atoms with Gasteiger partial charge < -0.3 is 9.47 Å². The lowest BCUT2D eigenvalue weighted by Crippen LogP contribution is -2.09. The van der Waals surface area contributed by atoms with Gasteiger partial charge in [0.1, 0.15) is 11.5 Å². The lowest BCUT2D eigenvalue weighted by Gasteiger charge is -2.07. The van der Waals surface area contributed by atoms with E-state index in [0.717, 1.165) is 25.7 Å². The van der Waals surface area contributed by atoms with E-state index in [1.54, 1.807) is 24.3 Å². The maximum absolute atomic E-state index is 12.2. The summed E-state index contributed by atoms with van der Waals surface area (Å²) in [4.78, 5) is 24.4. The Hall–Kier alpha value is -1.84. The summed E-state index contributed by atoms with van der Waals surface area (Å²) in [5.74, 6) is 0.640. The average Bonchev–Trinajstić information content (AvgIpc) is 3.05. The van der Waals surface area contributed by atoms with Crippen LogP contribution in [0, 0.1) is 0 Å². The fourth-order valence-corrected chi connectivity index (χ4v) is 6.22. The molecule has 0 unspecified atom stereocenters. The number of esters is 2. The quantitative estimate of drug-likeness (QED) is 0.0426. The SMILES string of the molecule is CCCCCCCCCCCCCCCCCC(=O)Oc1ccc(OC(=O)CCCCCCCCCCCCCCCCC)cc1. The van der Waals surface area contributed by atoms with Crippen LogP contribution < -0.4 is 9.47 Å². The Balaban J connectivity index is 1.92. The molecule has 4 nitrogen and oxygen atoms in total. The second kappa shape index (κ2) is 33.1. The molecule has 0 saturated carbocycles. The molecule has 0 N–H and O–H groups in total. The van der Waals surface area contributed by atoms with Crippen molar-refractivity contribution in [3.63, 3.8) is 0 Å². The normalized spacial score (nSPS) is 11.2. The topological polar surface area (TPSA) is 52.6 Å². The lowest BCUT2D eigenvalue weighted by molar-refractivity contribution is -0.135. The van der Waals surface area contributed by atoms with E-state index < -0.39 is 0 Å². The molecule has 0 amide bonds. The van der Waals surface area contributed by atoms with Crippen LogP contribution in [0.5, 0.6) is 11.5 Å². The maximum Gasteiger partial charge on any atom is 0.311 e. The van der Waals surface area contributed by atoms with Gasteiger partial charge in [0, 0.05) is 12.8 Å². The Morgan fingerprint density at radius 2 is 0.543 bits per heavy atom. The zero-order valence-electron chi connectivity index (χ0n) is 30.6. The van der Waals surface area contributed by atoms with Crippen molar-refractivity contribution >= 4 is 11.9 Å². The lowest BCUT2D eigenvalue weighted by atomic mass is 10.0. The van der Waals surface area contributed by atoms with Gasteiger partial charge in [0.15, 0.2) is 0 Å². The summed E-state index contributed by atoms with van der Waals surface area (Å²) in [6, 6.07) is 6.84. The molecule has 0 aliphatic carbocycles. The van der Waals surface area contributed by atoms with E-state index in [2.05, 4.69) is 13.8 Å².